The first-order valence-corrected chi connectivity index (χ1v) is 10.2. The predicted molar refractivity (Wildman–Crippen MR) is 102 cm³/mol. The molecule has 0 radical (unpaired) electrons. The number of nitrogens with two attached hydrogens (primary N) is 1. The zero-order valence-electron chi connectivity index (χ0n) is 16.7. The molecule has 1 saturated carbocycles. The van der Waals surface area contributed by atoms with Crippen LogP contribution >= 0.6 is 0 Å². The number of amides is 1. The quantitative estimate of drug-likeness (QED) is 0.792. The van der Waals surface area contributed by atoms with E-state index in [1.54, 1.807) is 30.0 Å². The molecule has 1 aliphatic carbocycles. The van der Waals surface area contributed by atoms with Crippen molar-refractivity contribution in [3.8, 4) is 5.75 Å². The van der Waals surface area contributed by atoms with Gasteiger partial charge in [-0.2, -0.15) is 0 Å². The zero-order chi connectivity index (χ0) is 21.0. The van der Waals surface area contributed by atoms with Crippen LogP contribution in [-0.4, -0.2) is 48.5 Å². The smallest absolute Gasteiger partial charge is 0.405 e. The maximum Gasteiger partial charge on any atom is 0.573 e. The molecule has 2 atom stereocenters. The van der Waals surface area contributed by atoms with E-state index >= 15 is 0 Å². The second-order valence-corrected chi connectivity index (χ2v) is 7.98. The molecule has 0 bridgehead atoms. The highest BCUT2D eigenvalue weighted by molar-refractivity contribution is 5.73. The fourth-order valence-corrected chi connectivity index (χ4v) is 4.50. The molecule has 1 unspecified atom stereocenters. The van der Waals surface area contributed by atoms with Crippen LogP contribution in [0.3, 0.4) is 0 Å². The fourth-order valence-electron chi connectivity index (χ4n) is 4.50. The van der Waals surface area contributed by atoms with E-state index in [0.717, 1.165) is 38.5 Å². The molecule has 0 spiro atoms. The summed E-state index contributed by atoms with van der Waals surface area (Å²) in [6.45, 7) is 2.67. The van der Waals surface area contributed by atoms with E-state index in [4.69, 9.17) is 10.5 Å². The van der Waals surface area contributed by atoms with E-state index < -0.39 is 6.36 Å². The summed E-state index contributed by atoms with van der Waals surface area (Å²) in [6.07, 6.45) is 0.0940. The molecule has 5 nitrogen and oxygen atoms in total. The minimum Gasteiger partial charge on any atom is -0.405 e. The molecule has 162 valence electrons. The number of rotatable bonds is 5. The molecule has 3 rings (SSSR count). The third-order valence-corrected chi connectivity index (χ3v) is 6.00. The van der Waals surface area contributed by atoms with E-state index in [0.29, 0.717) is 18.7 Å². The lowest BCUT2D eigenvalue weighted by Crippen LogP contribution is -2.56. The summed E-state index contributed by atoms with van der Waals surface area (Å²) in [4.78, 5) is 13.7. The highest BCUT2D eigenvalue weighted by Gasteiger charge is 2.35. The number of carbonyl (C=O) groups excluding carboxylic acids is 1. The molecule has 0 aromatic heterocycles. The highest BCUT2D eigenvalue weighted by atomic mass is 19.4. The first-order valence-electron chi connectivity index (χ1n) is 10.2. The third kappa shape index (κ3) is 5.85. The number of carbonyl (C=O) groups is 1. The number of para-hydroxylation sites is 1. The Morgan fingerprint density at radius 3 is 2.52 bits per heavy atom. The van der Waals surface area contributed by atoms with Crippen LogP contribution in [0, 0.1) is 0 Å². The van der Waals surface area contributed by atoms with E-state index in [1.807, 2.05) is 0 Å². The van der Waals surface area contributed by atoms with Crippen LogP contribution in [0.15, 0.2) is 24.3 Å². The van der Waals surface area contributed by atoms with Crippen molar-refractivity contribution in [1.29, 1.82) is 0 Å². The molecule has 2 N–H and O–H groups in total. The summed E-state index contributed by atoms with van der Waals surface area (Å²) in [5.74, 6) is -0.0903. The number of alkyl halides is 3. The van der Waals surface area contributed by atoms with Gasteiger partial charge in [0.15, 0.2) is 0 Å². The Labute approximate surface area is 169 Å². The van der Waals surface area contributed by atoms with Gasteiger partial charge in [-0.15, -0.1) is 13.2 Å². The highest BCUT2D eigenvalue weighted by Crippen LogP contribution is 2.39. The molecule has 1 aromatic rings. The van der Waals surface area contributed by atoms with Gasteiger partial charge >= 0.3 is 6.36 Å². The van der Waals surface area contributed by atoms with Gasteiger partial charge in [0, 0.05) is 19.5 Å². The van der Waals surface area contributed by atoms with Crippen molar-refractivity contribution in [1.82, 2.24) is 4.90 Å². The zero-order valence-corrected chi connectivity index (χ0v) is 16.7. The minimum atomic E-state index is -4.70. The normalized spacial score (nSPS) is 28.2. The van der Waals surface area contributed by atoms with Crippen molar-refractivity contribution in [2.75, 3.05) is 13.2 Å². The molecule has 29 heavy (non-hydrogen) atoms. The Hall–Kier alpha value is -1.80. The van der Waals surface area contributed by atoms with Crippen molar-refractivity contribution in [3.05, 3.63) is 29.8 Å². The van der Waals surface area contributed by atoms with Gasteiger partial charge in [-0.3, -0.25) is 4.79 Å². The second kappa shape index (κ2) is 9.34. The van der Waals surface area contributed by atoms with Crippen LogP contribution < -0.4 is 10.5 Å². The standard InChI is InChI=1S/C21H29F3N2O3/c1-14(27)26-12-4-6-18(25)19(26)13-28-16-10-8-15(9-11-16)17-5-2-3-7-20(17)29-21(22,23)24/h2-3,5,7,15-16,18-19H,4,6,8-13,25H2,1H3/t15?,16?,18-,19?/m0/s1. The van der Waals surface area contributed by atoms with Crippen LogP contribution in [-0.2, 0) is 9.53 Å². The molecule has 1 amide bonds. The summed E-state index contributed by atoms with van der Waals surface area (Å²) in [5, 5.41) is 0. The van der Waals surface area contributed by atoms with E-state index in [9.17, 15) is 18.0 Å². The van der Waals surface area contributed by atoms with E-state index in [1.165, 1.54) is 6.07 Å². The van der Waals surface area contributed by atoms with Gasteiger partial charge in [-0.1, -0.05) is 18.2 Å². The minimum absolute atomic E-state index is 0.0127. The molecular formula is C21H29F3N2O3. The van der Waals surface area contributed by atoms with Gasteiger partial charge in [0.2, 0.25) is 5.91 Å². The Kier molecular flexibility index (Phi) is 7.05. The Morgan fingerprint density at radius 1 is 1.17 bits per heavy atom. The van der Waals surface area contributed by atoms with E-state index in [-0.39, 0.29) is 35.8 Å². The summed E-state index contributed by atoms with van der Waals surface area (Å²) >= 11 is 0. The molecule has 2 fully saturated rings. The van der Waals surface area contributed by atoms with Crippen LogP contribution in [0.25, 0.3) is 0 Å². The number of nitrogens with zero attached hydrogens (tertiary/aromatic N) is 1. The van der Waals surface area contributed by atoms with Crippen molar-refractivity contribution in [2.24, 2.45) is 5.73 Å². The van der Waals surface area contributed by atoms with Crippen molar-refractivity contribution < 1.29 is 27.4 Å². The van der Waals surface area contributed by atoms with Gasteiger partial charge in [0.1, 0.15) is 5.75 Å². The number of hydrogen-bond acceptors (Lipinski definition) is 4. The predicted octanol–water partition coefficient (Wildman–Crippen LogP) is 3.97. The van der Waals surface area contributed by atoms with Gasteiger partial charge in [-0.05, 0) is 56.1 Å². The van der Waals surface area contributed by atoms with Gasteiger partial charge in [0.25, 0.3) is 0 Å². The Morgan fingerprint density at radius 2 is 1.86 bits per heavy atom. The van der Waals surface area contributed by atoms with Crippen molar-refractivity contribution >= 4 is 5.91 Å². The molecule has 1 heterocycles. The molecular weight excluding hydrogens is 385 g/mol. The summed E-state index contributed by atoms with van der Waals surface area (Å²) < 4.78 is 48.3. The first-order chi connectivity index (χ1) is 13.7. The number of ether oxygens (including phenoxy) is 2. The van der Waals surface area contributed by atoms with Crippen molar-refractivity contribution in [2.45, 2.75) is 75.9 Å². The monoisotopic (exact) mass is 414 g/mol. The number of benzene rings is 1. The first kappa shape index (κ1) is 21.9. The second-order valence-electron chi connectivity index (χ2n) is 7.98. The summed E-state index contributed by atoms with van der Waals surface area (Å²) in [5.41, 5.74) is 6.81. The third-order valence-electron chi connectivity index (χ3n) is 6.00. The maximum atomic E-state index is 12.7. The average molecular weight is 414 g/mol. The average Bonchev–Trinajstić information content (AvgIpc) is 2.66. The fraction of sp³-hybridized carbons (Fsp3) is 0.667. The maximum absolute atomic E-state index is 12.7. The van der Waals surface area contributed by atoms with Gasteiger partial charge < -0.3 is 20.1 Å². The van der Waals surface area contributed by atoms with Gasteiger partial charge in [0.05, 0.1) is 18.8 Å². The molecule has 2 aliphatic rings. The van der Waals surface area contributed by atoms with Crippen LogP contribution in [0.5, 0.6) is 5.75 Å². The Bertz CT molecular complexity index is 690. The molecule has 8 heteroatoms. The lowest BCUT2D eigenvalue weighted by atomic mass is 9.82. The van der Waals surface area contributed by atoms with Crippen LogP contribution in [0.1, 0.15) is 56.9 Å². The Balaban J connectivity index is 1.54. The lowest BCUT2D eigenvalue weighted by Gasteiger charge is -2.40. The van der Waals surface area contributed by atoms with E-state index in [2.05, 4.69) is 4.74 Å². The van der Waals surface area contributed by atoms with Crippen molar-refractivity contribution in [3.63, 3.8) is 0 Å². The van der Waals surface area contributed by atoms with Gasteiger partial charge in [-0.25, -0.2) is 0 Å². The summed E-state index contributed by atoms with van der Waals surface area (Å²) in [7, 11) is 0. The van der Waals surface area contributed by atoms with Crippen LogP contribution in [0.4, 0.5) is 13.2 Å². The largest absolute Gasteiger partial charge is 0.573 e. The summed E-state index contributed by atoms with van der Waals surface area (Å²) in [6, 6.07) is 6.16. The molecule has 1 aliphatic heterocycles. The topological polar surface area (TPSA) is 64.8 Å². The molecule has 1 aromatic carbocycles. The number of halogens is 3. The van der Waals surface area contributed by atoms with Crippen LogP contribution in [0.2, 0.25) is 0 Å². The number of piperidine rings is 1. The SMILES string of the molecule is CC(=O)N1CCC[C@H](N)C1COC1CCC(c2ccccc2OC(F)(F)F)CC1. The molecule has 1 saturated heterocycles. The number of hydrogen-bond donors (Lipinski definition) is 1. The lowest BCUT2D eigenvalue weighted by molar-refractivity contribution is -0.275. The number of likely N-dealkylation sites (tertiary alicyclic amines) is 1.